The first-order valence-electron chi connectivity index (χ1n) is 5.65. The molecule has 1 aromatic rings. The standard InChI is InChI=1S/C11H16N4O2/c1-7(10-12-5-6-15(10)2)13-11(17)8-3-4-9(16)14-8/h5-8H,3-4H2,1-2H3,(H,13,17)(H,14,16). The third-order valence-corrected chi connectivity index (χ3v) is 2.92. The quantitative estimate of drug-likeness (QED) is 0.768. The van der Waals surface area contributed by atoms with Crippen molar-refractivity contribution in [3.8, 4) is 0 Å². The first kappa shape index (κ1) is 11.6. The van der Waals surface area contributed by atoms with Gasteiger partial charge in [0.1, 0.15) is 11.9 Å². The number of amides is 2. The average molecular weight is 236 g/mol. The summed E-state index contributed by atoms with van der Waals surface area (Å²) in [7, 11) is 1.88. The lowest BCUT2D eigenvalue weighted by Crippen LogP contribution is -2.42. The number of carbonyl (C=O) groups is 2. The normalized spacial score (nSPS) is 21.1. The molecule has 92 valence electrons. The van der Waals surface area contributed by atoms with Gasteiger partial charge in [-0.2, -0.15) is 0 Å². The van der Waals surface area contributed by atoms with Crippen LogP contribution in [0.15, 0.2) is 12.4 Å². The summed E-state index contributed by atoms with van der Waals surface area (Å²) in [4.78, 5) is 27.0. The molecule has 1 aliphatic rings. The zero-order chi connectivity index (χ0) is 12.4. The number of rotatable bonds is 3. The van der Waals surface area contributed by atoms with Gasteiger partial charge in [-0.1, -0.05) is 0 Å². The van der Waals surface area contributed by atoms with Gasteiger partial charge in [-0.15, -0.1) is 0 Å². The number of carbonyl (C=O) groups excluding carboxylic acids is 2. The van der Waals surface area contributed by atoms with E-state index in [1.165, 1.54) is 0 Å². The summed E-state index contributed by atoms with van der Waals surface area (Å²) in [6.45, 7) is 1.87. The average Bonchev–Trinajstić information content (AvgIpc) is 2.86. The molecule has 0 aliphatic carbocycles. The molecule has 17 heavy (non-hydrogen) atoms. The Balaban J connectivity index is 1.95. The second kappa shape index (κ2) is 4.57. The molecule has 6 nitrogen and oxygen atoms in total. The van der Waals surface area contributed by atoms with E-state index < -0.39 is 6.04 Å². The van der Waals surface area contributed by atoms with Crippen LogP contribution in [0.1, 0.15) is 31.6 Å². The minimum absolute atomic E-state index is 0.0604. The summed E-state index contributed by atoms with van der Waals surface area (Å²) in [6.07, 6.45) is 4.51. The molecule has 2 amide bonds. The Bertz CT molecular complexity index is 440. The molecule has 0 saturated carbocycles. The van der Waals surface area contributed by atoms with E-state index in [1.54, 1.807) is 6.20 Å². The summed E-state index contributed by atoms with van der Waals surface area (Å²) in [6, 6.07) is -0.565. The van der Waals surface area contributed by atoms with E-state index in [-0.39, 0.29) is 17.9 Å². The third-order valence-electron chi connectivity index (χ3n) is 2.92. The second-order valence-corrected chi connectivity index (χ2v) is 4.29. The first-order valence-corrected chi connectivity index (χ1v) is 5.65. The molecule has 1 saturated heterocycles. The highest BCUT2D eigenvalue weighted by molar-refractivity contribution is 5.90. The van der Waals surface area contributed by atoms with Crippen molar-refractivity contribution >= 4 is 11.8 Å². The van der Waals surface area contributed by atoms with Gasteiger partial charge in [0.05, 0.1) is 6.04 Å². The maximum atomic E-state index is 11.8. The van der Waals surface area contributed by atoms with Crippen LogP contribution in [0.5, 0.6) is 0 Å². The fraction of sp³-hybridized carbons (Fsp3) is 0.545. The Hall–Kier alpha value is -1.85. The largest absolute Gasteiger partial charge is 0.345 e. The number of nitrogens with one attached hydrogen (secondary N) is 2. The molecule has 2 unspecified atom stereocenters. The zero-order valence-electron chi connectivity index (χ0n) is 9.93. The van der Waals surface area contributed by atoms with Gasteiger partial charge >= 0.3 is 0 Å². The highest BCUT2D eigenvalue weighted by atomic mass is 16.2. The van der Waals surface area contributed by atoms with E-state index in [4.69, 9.17) is 0 Å². The van der Waals surface area contributed by atoms with E-state index in [0.29, 0.717) is 12.8 Å². The Morgan fingerprint density at radius 1 is 1.71 bits per heavy atom. The molecule has 2 heterocycles. The number of aromatic nitrogens is 2. The van der Waals surface area contributed by atoms with Gasteiger partial charge in [-0.25, -0.2) is 4.98 Å². The monoisotopic (exact) mass is 236 g/mol. The van der Waals surface area contributed by atoms with Crippen LogP contribution in [0.4, 0.5) is 0 Å². The topological polar surface area (TPSA) is 76.0 Å². The van der Waals surface area contributed by atoms with E-state index in [0.717, 1.165) is 5.82 Å². The predicted octanol–water partition coefficient (Wildman–Crippen LogP) is -0.124. The molecule has 0 radical (unpaired) electrons. The van der Waals surface area contributed by atoms with Gasteiger partial charge in [0.25, 0.3) is 0 Å². The predicted molar refractivity (Wildman–Crippen MR) is 60.9 cm³/mol. The molecule has 2 N–H and O–H groups in total. The van der Waals surface area contributed by atoms with Crippen LogP contribution in [0.3, 0.4) is 0 Å². The van der Waals surface area contributed by atoms with Crippen molar-refractivity contribution in [1.29, 1.82) is 0 Å². The highest BCUT2D eigenvalue weighted by Gasteiger charge is 2.28. The second-order valence-electron chi connectivity index (χ2n) is 4.29. The van der Waals surface area contributed by atoms with Crippen molar-refractivity contribution in [2.75, 3.05) is 0 Å². The minimum Gasteiger partial charge on any atom is -0.345 e. The summed E-state index contributed by atoms with van der Waals surface area (Å²) in [5, 5.41) is 5.49. The van der Waals surface area contributed by atoms with Crippen molar-refractivity contribution in [2.45, 2.75) is 31.8 Å². The van der Waals surface area contributed by atoms with Crippen LogP contribution in [0, 0.1) is 0 Å². The lowest BCUT2D eigenvalue weighted by atomic mass is 10.2. The van der Waals surface area contributed by atoms with Crippen molar-refractivity contribution in [1.82, 2.24) is 20.2 Å². The molecule has 1 fully saturated rings. The van der Waals surface area contributed by atoms with Gasteiger partial charge in [0.2, 0.25) is 11.8 Å². The first-order chi connectivity index (χ1) is 8.08. The van der Waals surface area contributed by atoms with Crippen molar-refractivity contribution in [3.05, 3.63) is 18.2 Å². The summed E-state index contributed by atoms with van der Waals surface area (Å²) < 4.78 is 1.86. The summed E-state index contributed by atoms with van der Waals surface area (Å²) >= 11 is 0. The van der Waals surface area contributed by atoms with Crippen LogP contribution in [-0.4, -0.2) is 27.4 Å². The Morgan fingerprint density at radius 3 is 3.00 bits per heavy atom. The zero-order valence-corrected chi connectivity index (χ0v) is 9.93. The van der Waals surface area contributed by atoms with Gasteiger partial charge in [0, 0.05) is 25.9 Å². The fourth-order valence-electron chi connectivity index (χ4n) is 1.98. The Kier molecular flexibility index (Phi) is 3.12. The smallest absolute Gasteiger partial charge is 0.243 e. The summed E-state index contributed by atoms with van der Waals surface area (Å²) in [5.41, 5.74) is 0. The summed E-state index contributed by atoms with van der Waals surface area (Å²) in [5.74, 6) is 0.587. The molecule has 1 aromatic heterocycles. The maximum absolute atomic E-state index is 11.8. The molecule has 2 rings (SSSR count). The van der Waals surface area contributed by atoms with Crippen LogP contribution in [-0.2, 0) is 16.6 Å². The Labute approximate surface area is 99.4 Å². The lowest BCUT2D eigenvalue weighted by Gasteiger charge is -2.16. The van der Waals surface area contributed by atoms with Crippen molar-refractivity contribution in [3.63, 3.8) is 0 Å². The lowest BCUT2D eigenvalue weighted by molar-refractivity contribution is -0.126. The highest BCUT2D eigenvalue weighted by Crippen LogP contribution is 2.11. The molecule has 0 spiro atoms. The van der Waals surface area contributed by atoms with Gasteiger partial charge in [0.15, 0.2) is 0 Å². The molecule has 6 heteroatoms. The number of hydrogen-bond donors (Lipinski definition) is 2. The van der Waals surface area contributed by atoms with Crippen LogP contribution >= 0.6 is 0 Å². The maximum Gasteiger partial charge on any atom is 0.243 e. The molecule has 1 aliphatic heterocycles. The van der Waals surface area contributed by atoms with Crippen LogP contribution < -0.4 is 10.6 Å². The molecule has 0 bridgehead atoms. The van der Waals surface area contributed by atoms with E-state index in [9.17, 15) is 9.59 Å². The SMILES string of the molecule is CC(NC(=O)C1CCC(=O)N1)c1nccn1C. The van der Waals surface area contributed by atoms with Crippen LogP contribution in [0.25, 0.3) is 0 Å². The number of aryl methyl sites for hydroxylation is 1. The molecule has 2 atom stereocenters. The van der Waals surface area contributed by atoms with Gasteiger partial charge < -0.3 is 15.2 Å². The van der Waals surface area contributed by atoms with E-state index in [1.807, 2.05) is 24.7 Å². The molecular formula is C11H16N4O2. The minimum atomic E-state index is -0.398. The van der Waals surface area contributed by atoms with E-state index >= 15 is 0 Å². The van der Waals surface area contributed by atoms with E-state index in [2.05, 4.69) is 15.6 Å². The number of nitrogens with zero attached hydrogens (tertiary/aromatic N) is 2. The number of hydrogen-bond acceptors (Lipinski definition) is 3. The molecular weight excluding hydrogens is 220 g/mol. The third kappa shape index (κ3) is 2.46. The fourth-order valence-corrected chi connectivity index (χ4v) is 1.98. The number of imidazole rings is 1. The van der Waals surface area contributed by atoms with Gasteiger partial charge in [-0.05, 0) is 13.3 Å². The Morgan fingerprint density at radius 2 is 2.47 bits per heavy atom. The van der Waals surface area contributed by atoms with Crippen molar-refractivity contribution in [2.24, 2.45) is 7.05 Å². The molecule has 0 aromatic carbocycles. The van der Waals surface area contributed by atoms with Crippen LogP contribution in [0.2, 0.25) is 0 Å². The van der Waals surface area contributed by atoms with Crippen molar-refractivity contribution < 1.29 is 9.59 Å². The van der Waals surface area contributed by atoms with Gasteiger partial charge in [-0.3, -0.25) is 9.59 Å².